The highest BCUT2D eigenvalue weighted by atomic mass is 35.5. The van der Waals surface area contributed by atoms with E-state index in [0.29, 0.717) is 44.0 Å². The maximum Gasteiger partial charge on any atom is 0.268 e. The monoisotopic (exact) mass is 542 g/mol. The van der Waals surface area contributed by atoms with Crippen LogP contribution < -0.4 is 0 Å². The minimum absolute atomic E-state index is 0.141. The van der Waals surface area contributed by atoms with E-state index < -0.39 is 32.2 Å². The molecule has 6 nitrogen and oxygen atoms in total. The van der Waals surface area contributed by atoms with Crippen molar-refractivity contribution in [3.8, 4) is 0 Å². The van der Waals surface area contributed by atoms with Gasteiger partial charge in [0.25, 0.3) is 15.9 Å². The second-order valence-corrected chi connectivity index (χ2v) is 11.6. The number of aromatic nitrogens is 1. The third-order valence-electron chi connectivity index (χ3n) is 7.23. The van der Waals surface area contributed by atoms with E-state index in [2.05, 4.69) is 6.07 Å². The van der Waals surface area contributed by atoms with Crippen LogP contribution in [0.1, 0.15) is 34.3 Å². The van der Waals surface area contributed by atoms with Gasteiger partial charge in [-0.1, -0.05) is 41.9 Å². The van der Waals surface area contributed by atoms with Gasteiger partial charge in [0.05, 0.1) is 28.2 Å². The van der Waals surface area contributed by atoms with E-state index in [0.717, 1.165) is 27.2 Å². The van der Waals surface area contributed by atoms with Gasteiger partial charge in [-0.3, -0.25) is 4.79 Å². The smallest absolute Gasteiger partial charge is 0.268 e. The van der Waals surface area contributed by atoms with Gasteiger partial charge in [-0.15, -0.1) is 0 Å². The van der Waals surface area contributed by atoms with Crippen molar-refractivity contribution in [3.05, 3.63) is 100 Å². The predicted molar refractivity (Wildman–Crippen MR) is 134 cm³/mol. The zero-order chi connectivity index (χ0) is 25.9. The molecule has 10 heteroatoms. The molecule has 3 aromatic carbocycles. The third-order valence-corrected chi connectivity index (χ3v) is 9.11. The summed E-state index contributed by atoms with van der Waals surface area (Å²) in [6.45, 7) is 1.39. The van der Waals surface area contributed by atoms with Crippen LogP contribution in [-0.2, 0) is 27.0 Å². The Morgan fingerprint density at radius 1 is 0.973 bits per heavy atom. The normalized spacial score (nSPS) is 16.9. The summed E-state index contributed by atoms with van der Waals surface area (Å²) in [6.07, 6.45) is 2.43. The molecule has 1 amide bonds. The molecule has 0 atom stereocenters. The molecule has 0 saturated carbocycles. The quantitative estimate of drug-likeness (QED) is 0.344. The number of likely N-dealkylation sites (tertiary alicyclic amines) is 1. The molecule has 4 aromatic rings. The molecule has 190 valence electrons. The van der Waals surface area contributed by atoms with Gasteiger partial charge in [-0.25, -0.2) is 21.2 Å². The lowest BCUT2D eigenvalue weighted by Gasteiger charge is -2.39. The van der Waals surface area contributed by atoms with Crippen LogP contribution in [0.15, 0.2) is 71.8 Å². The van der Waals surface area contributed by atoms with Crippen LogP contribution in [0.5, 0.6) is 0 Å². The fourth-order valence-electron chi connectivity index (χ4n) is 5.37. The topological polar surface area (TPSA) is 68.6 Å². The largest absolute Gasteiger partial charge is 0.365 e. The Hall–Kier alpha value is -3.27. The molecule has 37 heavy (non-hydrogen) atoms. The van der Waals surface area contributed by atoms with Crippen molar-refractivity contribution in [2.75, 3.05) is 13.1 Å². The molecule has 0 N–H and O–H groups in total. The Bertz CT molecular complexity index is 1660. The molecular formula is C27H21ClF2N2O4S. The van der Waals surface area contributed by atoms with Crippen LogP contribution in [0, 0.1) is 11.6 Å². The summed E-state index contributed by atoms with van der Waals surface area (Å²) in [6, 6.07) is 14.7. The second-order valence-electron chi connectivity index (χ2n) is 9.34. The Balaban J connectivity index is 1.36. The maximum absolute atomic E-state index is 13.8. The number of carbonyl (C=O) groups is 1. The lowest BCUT2D eigenvalue weighted by atomic mass is 9.83. The molecule has 2 aliphatic heterocycles. The van der Waals surface area contributed by atoms with Crippen LogP contribution in [0.2, 0.25) is 5.02 Å². The summed E-state index contributed by atoms with van der Waals surface area (Å²) in [5.41, 5.74) is 2.18. The first kappa shape index (κ1) is 24.1. The summed E-state index contributed by atoms with van der Waals surface area (Å²) in [7, 11) is -4.44. The van der Waals surface area contributed by atoms with Crippen molar-refractivity contribution in [2.45, 2.75) is 29.9 Å². The predicted octanol–water partition coefficient (Wildman–Crippen LogP) is 5.47. The first-order valence-electron chi connectivity index (χ1n) is 11.7. The van der Waals surface area contributed by atoms with Crippen molar-refractivity contribution in [3.63, 3.8) is 0 Å². The van der Waals surface area contributed by atoms with E-state index in [1.807, 2.05) is 18.2 Å². The zero-order valence-corrected chi connectivity index (χ0v) is 21.0. The van der Waals surface area contributed by atoms with E-state index in [1.54, 1.807) is 17.0 Å². The fourth-order valence-corrected chi connectivity index (χ4v) is 6.94. The Kier molecular flexibility index (Phi) is 5.63. The molecule has 1 spiro atoms. The molecule has 0 aliphatic carbocycles. The fraction of sp³-hybridized carbons (Fsp3) is 0.222. The Morgan fingerprint density at radius 3 is 2.41 bits per heavy atom. The van der Waals surface area contributed by atoms with E-state index in [9.17, 15) is 22.0 Å². The zero-order valence-electron chi connectivity index (χ0n) is 19.5. The minimum atomic E-state index is -4.44. The summed E-state index contributed by atoms with van der Waals surface area (Å²) >= 11 is 6.15. The van der Waals surface area contributed by atoms with Gasteiger partial charge in [0.2, 0.25) is 0 Å². The van der Waals surface area contributed by atoms with Gasteiger partial charge in [0, 0.05) is 35.8 Å². The highest BCUT2D eigenvalue weighted by Crippen LogP contribution is 2.44. The average Bonchev–Trinajstić information content (AvgIpc) is 3.43. The van der Waals surface area contributed by atoms with Gasteiger partial charge >= 0.3 is 0 Å². The number of fused-ring (bicyclic) bond motifs is 3. The third kappa shape index (κ3) is 3.93. The number of hydrogen-bond donors (Lipinski definition) is 0. The number of ether oxygens (including phenoxy) is 1. The first-order chi connectivity index (χ1) is 17.7. The summed E-state index contributed by atoms with van der Waals surface area (Å²) < 4.78 is 61.5. The average molecular weight is 543 g/mol. The summed E-state index contributed by atoms with van der Waals surface area (Å²) in [4.78, 5) is 14.8. The number of nitrogens with zero attached hydrogens (tertiary/aromatic N) is 2. The van der Waals surface area contributed by atoms with Crippen molar-refractivity contribution >= 4 is 38.4 Å². The molecule has 3 heterocycles. The van der Waals surface area contributed by atoms with E-state index >= 15 is 0 Å². The van der Waals surface area contributed by atoms with Crippen molar-refractivity contribution in [1.29, 1.82) is 0 Å². The van der Waals surface area contributed by atoms with Crippen molar-refractivity contribution < 1.29 is 26.7 Å². The molecule has 2 aliphatic rings. The van der Waals surface area contributed by atoms with Crippen molar-refractivity contribution in [2.24, 2.45) is 0 Å². The number of carbonyl (C=O) groups excluding carboxylic acids is 1. The van der Waals surface area contributed by atoms with Crippen LogP contribution in [0.3, 0.4) is 0 Å². The van der Waals surface area contributed by atoms with Gasteiger partial charge in [-0.2, -0.15) is 0 Å². The summed E-state index contributed by atoms with van der Waals surface area (Å²) in [5, 5.41) is 0.626. The Morgan fingerprint density at radius 2 is 1.68 bits per heavy atom. The number of amides is 1. The van der Waals surface area contributed by atoms with Crippen LogP contribution in [0.25, 0.3) is 10.9 Å². The SMILES string of the molecule is O=C(c1cn(S(=O)(=O)c2cc(F)cc(F)c2)c2cc(Cl)ccc12)N1CCC2(CC1)OCc1ccccc12. The van der Waals surface area contributed by atoms with Crippen LogP contribution >= 0.6 is 11.6 Å². The number of piperidine rings is 1. The molecule has 0 unspecified atom stereocenters. The number of hydrogen-bond acceptors (Lipinski definition) is 4. The number of benzene rings is 3. The van der Waals surface area contributed by atoms with Gasteiger partial charge in [-0.05, 0) is 48.2 Å². The number of halogens is 3. The standard InChI is InChI=1S/C27H21ClF2N2O4S/c28-18-5-6-22-23(15-32(25(22)11-18)37(34,35)21-13-19(29)12-20(30)14-21)26(33)31-9-7-27(8-10-31)24-4-2-1-3-17(24)16-36-27/h1-6,11-15H,7-10,16H2. The highest BCUT2D eigenvalue weighted by molar-refractivity contribution is 7.90. The van der Waals surface area contributed by atoms with Gasteiger partial charge in [0.1, 0.15) is 11.6 Å². The lowest BCUT2D eigenvalue weighted by molar-refractivity contribution is -0.0741. The van der Waals surface area contributed by atoms with Gasteiger partial charge in [0.15, 0.2) is 0 Å². The molecule has 0 bridgehead atoms. The lowest BCUT2D eigenvalue weighted by Crippen LogP contribution is -2.45. The molecule has 1 aromatic heterocycles. The second kappa shape index (κ2) is 8.65. The van der Waals surface area contributed by atoms with Crippen molar-refractivity contribution in [1.82, 2.24) is 8.87 Å². The maximum atomic E-state index is 13.8. The van der Waals surface area contributed by atoms with Crippen LogP contribution in [0.4, 0.5) is 8.78 Å². The molecule has 6 rings (SSSR count). The molecule has 0 radical (unpaired) electrons. The van der Waals surface area contributed by atoms with E-state index in [-0.39, 0.29) is 22.0 Å². The number of rotatable bonds is 3. The highest BCUT2D eigenvalue weighted by Gasteiger charge is 2.43. The van der Waals surface area contributed by atoms with E-state index in [4.69, 9.17) is 16.3 Å². The Labute approximate surface area is 217 Å². The summed E-state index contributed by atoms with van der Waals surface area (Å²) in [5.74, 6) is -2.39. The molecule has 1 saturated heterocycles. The first-order valence-corrected chi connectivity index (χ1v) is 13.5. The minimum Gasteiger partial charge on any atom is -0.365 e. The molecule has 1 fully saturated rings. The van der Waals surface area contributed by atoms with Gasteiger partial charge < -0.3 is 9.64 Å². The van der Waals surface area contributed by atoms with Crippen LogP contribution in [-0.4, -0.2) is 36.3 Å². The molecular weight excluding hydrogens is 522 g/mol. The van der Waals surface area contributed by atoms with E-state index in [1.165, 1.54) is 12.3 Å².